The number of hydrogen-bond acceptors (Lipinski definition) is 2. The predicted octanol–water partition coefficient (Wildman–Crippen LogP) is 0.585. The molecule has 0 aliphatic carbocycles. The Bertz CT molecular complexity index is 34.7. The van der Waals surface area contributed by atoms with Crippen LogP contribution in [0.25, 0.3) is 0 Å². The molecule has 0 spiro atoms. The van der Waals surface area contributed by atoms with Crippen LogP contribution in [-0.4, -0.2) is 11.5 Å². The van der Waals surface area contributed by atoms with Crippen molar-refractivity contribution in [1.82, 2.24) is 0 Å². The van der Waals surface area contributed by atoms with Crippen LogP contribution in [0.1, 0.15) is 0 Å². The molecule has 0 fully saturated rings. The van der Waals surface area contributed by atoms with Gasteiger partial charge in [-0.05, 0) is 0 Å². The standard InChI is InChI=1S/2CClO.Rf/c2*2-1-3;/q2*-1;. The van der Waals surface area contributed by atoms with Gasteiger partial charge in [0.05, 0.1) is 0 Å². The fraction of sp³-hybridized carbons (Fsp3) is 0. The van der Waals surface area contributed by atoms with Crippen LogP contribution < -0.4 is 0 Å². The molecule has 5 heteroatoms. The molecular weight excluding hydrogens is 394 g/mol. The molecule has 0 saturated carbocycles. The molecule has 0 aliphatic heterocycles. The van der Waals surface area contributed by atoms with Crippen molar-refractivity contribution in [2.24, 2.45) is 0 Å². The Morgan fingerprint density at radius 3 is 1.00 bits per heavy atom. The van der Waals surface area contributed by atoms with E-state index in [4.69, 9.17) is 9.59 Å². The maximum Gasteiger partial charge on any atom is 0 e. The minimum absolute atomic E-state index is 0. The molecule has 0 radical (unpaired) electrons. The largest absolute Gasteiger partial charge is 0.525 e. The van der Waals surface area contributed by atoms with Crippen LogP contribution in [0.15, 0.2) is 0 Å². The smallest absolute Gasteiger partial charge is 0 e. The third-order valence-electron chi connectivity index (χ3n) is 0. The average molecular weight is 394 g/mol. The predicted molar refractivity (Wildman–Crippen MR) is 23.1 cm³/mol. The molecule has 0 amide bonds. The molecule has 0 aromatic heterocycles. The van der Waals surface area contributed by atoms with Gasteiger partial charge in [0, 0.05) is 0 Å². The Labute approximate surface area is 45.0 Å². The molecule has 0 atom stereocenters. The van der Waals surface area contributed by atoms with Gasteiger partial charge in [0.1, 0.15) is 0 Å². The maximum atomic E-state index is 8.45. The van der Waals surface area contributed by atoms with Crippen molar-refractivity contribution in [2.45, 2.75) is 0 Å². The SMILES string of the molecule is O=[C-]Cl.O=[C-]Cl.[Rf]. The molecule has 0 aliphatic rings. The summed E-state index contributed by atoms with van der Waals surface area (Å²) in [7, 11) is 0. The Morgan fingerprint density at radius 1 is 1.00 bits per heavy atom. The third kappa shape index (κ3) is 36.0. The van der Waals surface area contributed by atoms with Gasteiger partial charge in [-0.25, -0.2) is 0 Å². The molecule has 0 rings (SSSR count). The molecule has 7 heavy (non-hydrogen) atoms. The molecular formula is C2Cl2O2Rf-2. The van der Waals surface area contributed by atoms with Crippen molar-refractivity contribution >= 4 is 34.7 Å². The zero-order chi connectivity index (χ0) is 5.41. The average Bonchev–Trinajstić information content (AvgIpc) is 1.39. The second-order valence-electron chi connectivity index (χ2n) is 0.154. The minimum Gasteiger partial charge on any atom is -0.525 e. The fourth-order valence-electron chi connectivity index (χ4n) is 0. The molecule has 0 N–H and O–H groups in total. The third-order valence-corrected chi connectivity index (χ3v) is 0. The van der Waals surface area contributed by atoms with E-state index in [0.717, 1.165) is 11.5 Å². The number of carbonyl (C=O) groups excluding carboxylic acids is 2. The van der Waals surface area contributed by atoms with E-state index in [9.17, 15) is 0 Å². The summed E-state index contributed by atoms with van der Waals surface area (Å²) in [5, 5.41) is 0. The van der Waals surface area contributed by atoms with Gasteiger partial charge in [-0.15, -0.1) is 0 Å². The van der Waals surface area contributed by atoms with Crippen molar-refractivity contribution in [1.29, 1.82) is 0 Å². The van der Waals surface area contributed by atoms with Crippen LogP contribution in [-0.2, 0) is 9.59 Å². The summed E-state index contributed by atoms with van der Waals surface area (Å²) in [5.41, 5.74) is 0. The Balaban J connectivity index is -0.0000000400. The molecule has 38 valence electrons. The van der Waals surface area contributed by atoms with Gasteiger partial charge in [0.2, 0.25) is 0 Å². The second kappa shape index (κ2) is 89.3. The van der Waals surface area contributed by atoms with Crippen molar-refractivity contribution in [3.8, 4) is 0 Å². The van der Waals surface area contributed by atoms with E-state index in [1.807, 2.05) is 0 Å². The van der Waals surface area contributed by atoms with E-state index in [1.165, 1.54) is 0 Å². The normalized spacial score (nSPS) is 3.71. The van der Waals surface area contributed by atoms with Crippen LogP contribution in [0.4, 0.5) is 0 Å². The van der Waals surface area contributed by atoms with Crippen molar-refractivity contribution in [3.05, 3.63) is 0 Å². The molecule has 0 aromatic carbocycles. The Kier molecular flexibility index (Phi) is 214. The van der Waals surface area contributed by atoms with Crippen LogP contribution in [0, 0.1) is 0 Å². The van der Waals surface area contributed by atoms with Crippen LogP contribution >= 0.6 is 23.2 Å². The maximum absolute atomic E-state index is 8.45. The summed E-state index contributed by atoms with van der Waals surface area (Å²) < 4.78 is 0. The van der Waals surface area contributed by atoms with Gasteiger partial charge in [-0.2, -0.15) is 11.5 Å². The first-order valence-corrected chi connectivity index (χ1v) is 1.54. The van der Waals surface area contributed by atoms with Crippen molar-refractivity contribution in [3.63, 3.8) is 0 Å². The summed E-state index contributed by atoms with van der Waals surface area (Å²) in [6.45, 7) is 0. The quantitative estimate of drug-likeness (QED) is 0.446. The second-order valence-corrected chi connectivity index (χ2v) is 0.463. The summed E-state index contributed by atoms with van der Waals surface area (Å²) in [4.78, 5) is 16.9. The van der Waals surface area contributed by atoms with Gasteiger partial charge in [-0.1, -0.05) is 0 Å². The molecule has 2 nitrogen and oxygen atoms in total. The van der Waals surface area contributed by atoms with Gasteiger partial charge >= 0.3 is 0 Å². The van der Waals surface area contributed by atoms with Gasteiger partial charge in [0.25, 0.3) is 0 Å². The fourth-order valence-corrected chi connectivity index (χ4v) is 0. The number of rotatable bonds is 0. The monoisotopic (exact) mass is 393 g/mol. The zero-order valence-corrected chi connectivity index (χ0v) is 11.2. The van der Waals surface area contributed by atoms with E-state index in [0.29, 0.717) is 0 Å². The Hall–Kier alpha value is -1.08. The van der Waals surface area contributed by atoms with E-state index < -0.39 is 0 Å². The van der Waals surface area contributed by atoms with Crippen molar-refractivity contribution < 1.29 is 9.59 Å². The summed E-state index contributed by atoms with van der Waals surface area (Å²) in [5.74, 6) is 1.94. The zero-order valence-electron chi connectivity index (χ0n) is 3.28. The first kappa shape index (κ1) is 16.8. The van der Waals surface area contributed by atoms with Crippen LogP contribution in [0.5, 0.6) is 0 Å². The molecule has 0 bridgehead atoms. The summed E-state index contributed by atoms with van der Waals surface area (Å²) in [6, 6.07) is 0. The van der Waals surface area contributed by atoms with E-state index >= 15 is 0 Å². The molecule has 0 heterocycles. The van der Waals surface area contributed by atoms with E-state index in [-0.39, 0.29) is 0 Å². The molecule has 0 saturated heterocycles. The van der Waals surface area contributed by atoms with Gasteiger partial charge in [-0.3, -0.25) is 0 Å². The number of hydrogen-bond donors (Lipinski definition) is 0. The van der Waals surface area contributed by atoms with E-state index in [1.54, 1.807) is 0 Å². The van der Waals surface area contributed by atoms with Crippen molar-refractivity contribution in [2.75, 3.05) is 0 Å². The summed E-state index contributed by atoms with van der Waals surface area (Å²) in [6.07, 6.45) is 0. The van der Waals surface area contributed by atoms with Crippen LogP contribution in [0.3, 0.4) is 0 Å². The van der Waals surface area contributed by atoms with Gasteiger partial charge in [0.15, 0.2) is 0 Å². The Morgan fingerprint density at radius 2 is 1.00 bits per heavy atom. The minimum atomic E-state index is 0. The molecule has 0 aromatic rings. The summed E-state index contributed by atoms with van der Waals surface area (Å²) >= 11 is 8.39. The van der Waals surface area contributed by atoms with Gasteiger partial charge < -0.3 is 32.8 Å². The number of halogens is 2. The first-order valence-electron chi connectivity index (χ1n) is 0.786. The van der Waals surface area contributed by atoms with E-state index in [2.05, 4.69) is 23.2 Å². The topological polar surface area (TPSA) is 34.1 Å². The van der Waals surface area contributed by atoms with Crippen LogP contribution in [0.2, 0.25) is 0 Å². The molecule has 0 unspecified atom stereocenters. The first-order chi connectivity index (χ1) is 2.83.